The van der Waals surface area contributed by atoms with Crippen LogP contribution in [0.15, 0.2) is 16.5 Å². The lowest BCUT2D eigenvalue weighted by Crippen LogP contribution is -1.91. The standard InChI is InChI=1S/C7H8BrNO3/c1-5(4-8)6-2-3-7(12-6)9(10)11/h2-3,5H,4H2,1H3. The second-order valence-corrected chi connectivity index (χ2v) is 3.14. The highest BCUT2D eigenvalue weighted by Crippen LogP contribution is 2.23. The van der Waals surface area contributed by atoms with Crippen molar-refractivity contribution in [1.82, 2.24) is 0 Å². The molecule has 0 bridgehead atoms. The first-order valence-corrected chi connectivity index (χ1v) is 4.57. The molecular weight excluding hydrogens is 226 g/mol. The average molecular weight is 234 g/mol. The van der Waals surface area contributed by atoms with Crippen molar-refractivity contribution in [3.8, 4) is 0 Å². The fraction of sp³-hybridized carbons (Fsp3) is 0.429. The molecule has 1 heterocycles. The summed E-state index contributed by atoms with van der Waals surface area (Å²) in [5.41, 5.74) is 0. The third kappa shape index (κ3) is 1.85. The van der Waals surface area contributed by atoms with Gasteiger partial charge in [0, 0.05) is 11.2 Å². The van der Waals surface area contributed by atoms with E-state index >= 15 is 0 Å². The van der Waals surface area contributed by atoms with Gasteiger partial charge in [0.15, 0.2) is 0 Å². The summed E-state index contributed by atoms with van der Waals surface area (Å²) in [7, 11) is 0. The van der Waals surface area contributed by atoms with E-state index < -0.39 is 4.92 Å². The SMILES string of the molecule is CC(CBr)c1ccc([N+](=O)[O-])o1. The summed E-state index contributed by atoms with van der Waals surface area (Å²) >= 11 is 3.27. The van der Waals surface area contributed by atoms with Crippen molar-refractivity contribution >= 4 is 21.8 Å². The molecule has 0 amide bonds. The van der Waals surface area contributed by atoms with E-state index in [1.807, 2.05) is 6.92 Å². The van der Waals surface area contributed by atoms with E-state index in [1.54, 1.807) is 6.07 Å². The Labute approximate surface area is 77.8 Å². The van der Waals surface area contributed by atoms with Crippen LogP contribution in [-0.4, -0.2) is 10.3 Å². The molecular formula is C7H8BrNO3. The maximum atomic E-state index is 10.2. The van der Waals surface area contributed by atoms with Crippen LogP contribution < -0.4 is 0 Å². The number of nitrogens with zero attached hydrogens (tertiary/aromatic N) is 1. The van der Waals surface area contributed by atoms with Gasteiger partial charge in [-0.05, 0) is 6.07 Å². The molecule has 0 aromatic carbocycles. The van der Waals surface area contributed by atoms with Crippen molar-refractivity contribution in [3.63, 3.8) is 0 Å². The van der Waals surface area contributed by atoms with E-state index in [1.165, 1.54) is 6.07 Å². The van der Waals surface area contributed by atoms with E-state index in [0.717, 1.165) is 5.33 Å². The minimum Gasteiger partial charge on any atom is -0.406 e. The van der Waals surface area contributed by atoms with Crippen molar-refractivity contribution in [3.05, 3.63) is 28.0 Å². The molecule has 1 aromatic rings. The third-order valence-electron chi connectivity index (χ3n) is 1.51. The maximum Gasteiger partial charge on any atom is 0.433 e. The fourth-order valence-electron chi connectivity index (χ4n) is 0.781. The quantitative estimate of drug-likeness (QED) is 0.459. The van der Waals surface area contributed by atoms with Gasteiger partial charge in [-0.15, -0.1) is 0 Å². The Bertz CT molecular complexity index is 284. The summed E-state index contributed by atoms with van der Waals surface area (Å²) in [6, 6.07) is 3.00. The molecule has 0 aliphatic carbocycles. The van der Waals surface area contributed by atoms with Crippen molar-refractivity contribution in [2.24, 2.45) is 0 Å². The van der Waals surface area contributed by atoms with Crippen LogP contribution in [-0.2, 0) is 0 Å². The van der Waals surface area contributed by atoms with E-state index in [0.29, 0.717) is 5.76 Å². The lowest BCUT2D eigenvalue weighted by Gasteiger charge is -1.99. The average Bonchev–Trinajstić information content (AvgIpc) is 2.51. The van der Waals surface area contributed by atoms with Gasteiger partial charge in [-0.3, -0.25) is 10.1 Å². The number of hydrogen-bond acceptors (Lipinski definition) is 3. The van der Waals surface area contributed by atoms with Gasteiger partial charge in [0.1, 0.15) is 10.7 Å². The van der Waals surface area contributed by atoms with E-state index in [2.05, 4.69) is 15.9 Å². The monoisotopic (exact) mass is 233 g/mol. The summed E-state index contributed by atoms with van der Waals surface area (Å²) < 4.78 is 4.97. The first-order valence-electron chi connectivity index (χ1n) is 3.45. The normalized spacial score (nSPS) is 12.8. The fourth-order valence-corrected chi connectivity index (χ4v) is 1.10. The molecule has 0 fully saturated rings. The smallest absolute Gasteiger partial charge is 0.406 e. The van der Waals surface area contributed by atoms with Gasteiger partial charge < -0.3 is 4.42 Å². The molecule has 0 aliphatic heterocycles. The highest BCUT2D eigenvalue weighted by atomic mass is 79.9. The van der Waals surface area contributed by atoms with Gasteiger partial charge in [-0.25, -0.2) is 0 Å². The highest BCUT2D eigenvalue weighted by molar-refractivity contribution is 9.09. The van der Waals surface area contributed by atoms with Crippen molar-refractivity contribution in [2.75, 3.05) is 5.33 Å². The molecule has 4 nitrogen and oxygen atoms in total. The molecule has 0 aliphatic rings. The molecule has 1 aromatic heterocycles. The van der Waals surface area contributed by atoms with Gasteiger partial charge in [-0.1, -0.05) is 22.9 Å². The molecule has 5 heteroatoms. The first kappa shape index (κ1) is 9.25. The molecule has 0 saturated heterocycles. The van der Waals surface area contributed by atoms with Crippen LogP contribution in [0.4, 0.5) is 5.88 Å². The van der Waals surface area contributed by atoms with Crippen LogP contribution in [0.25, 0.3) is 0 Å². The van der Waals surface area contributed by atoms with E-state index in [9.17, 15) is 10.1 Å². The molecule has 1 unspecified atom stereocenters. The second kappa shape index (κ2) is 3.71. The zero-order valence-corrected chi connectivity index (χ0v) is 8.08. The van der Waals surface area contributed by atoms with E-state index in [4.69, 9.17) is 4.42 Å². The first-order chi connectivity index (χ1) is 5.65. The predicted molar refractivity (Wildman–Crippen MR) is 47.6 cm³/mol. The van der Waals surface area contributed by atoms with Crippen LogP contribution in [0.2, 0.25) is 0 Å². The summed E-state index contributed by atoms with van der Waals surface area (Å²) in [6.07, 6.45) is 0. The number of nitro groups is 1. The summed E-state index contributed by atoms with van der Waals surface area (Å²) in [6.45, 7) is 1.93. The molecule has 0 spiro atoms. The second-order valence-electron chi connectivity index (χ2n) is 2.49. The Hall–Kier alpha value is -0.840. The van der Waals surface area contributed by atoms with Crippen molar-refractivity contribution < 1.29 is 9.34 Å². The van der Waals surface area contributed by atoms with Crippen LogP contribution in [0.5, 0.6) is 0 Å². The van der Waals surface area contributed by atoms with Crippen LogP contribution >= 0.6 is 15.9 Å². The molecule has 1 rings (SSSR count). The largest absolute Gasteiger partial charge is 0.433 e. The molecule has 66 valence electrons. The van der Waals surface area contributed by atoms with E-state index in [-0.39, 0.29) is 11.8 Å². The molecule has 0 radical (unpaired) electrons. The molecule has 12 heavy (non-hydrogen) atoms. The Morgan fingerprint density at radius 2 is 2.42 bits per heavy atom. The minimum absolute atomic E-state index is 0.165. The summed E-state index contributed by atoms with van der Waals surface area (Å²) in [5.74, 6) is 0.607. The summed E-state index contributed by atoms with van der Waals surface area (Å²) in [4.78, 5) is 9.69. The van der Waals surface area contributed by atoms with Crippen LogP contribution in [0, 0.1) is 10.1 Å². The Morgan fingerprint density at radius 3 is 2.83 bits per heavy atom. The van der Waals surface area contributed by atoms with Gasteiger partial charge in [0.2, 0.25) is 0 Å². The Balaban J connectivity index is 2.84. The molecule has 1 atom stereocenters. The van der Waals surface area contributed by atoms with Gasteiger partial charge >= 0.3 is 5.88 Å². The number of halogens is 1. The number of alkyl halides is 1. The van der Waals surface area contributed by atoms with Crippen molar-refractivity contribution in [1.29, 1.82) is 0 Å². The minimum atomic E-state index is -0.537. The third-order valence-corrected chi connectivity index (χ3v) is 2.48. The number of hydrogen-bond donors (Lipinski definition) is 0. The van der Waals surface area contributed by atoms with Crippen LogP contribution in [0.3, 0.4) is 0 Å². The topological polar surface area (TPSA) is 56.3 Å². The highest BCUT2D eigenvalue weighted by Gasteiger charge is 2.15. The zero-order valence-electron chi connectivity index (χ0n) is 6.49. The Morgan fingerprint density at radius 1 is 1.75 bits per heavy atom. The molecule has 0 saturated carbocycles. The predicted octanol–water partition coefficient (Wildman–Crippen LogP) is 2.69. The summed E-state index contributed by atoms with van der Waals surface area (Å²) in [5, 5.41) is 11.0. The van der Waals surface area contributed by atoms with Gasteiger partial charge in [0.05, 0.1) is 6.07 Å². The van der Waals surface area contributed by atoms with Crippen LogP contribution in [0.1, 0.15) is 18.6 Å². The maximum absolute atomic E-state index is 10.2. The van der Waals surface area contributed by atoms with Gasteiger partial charge in [-0.2, -0.15) is 0 Å². The van der Waals surface area contributed by atoms with Gasteiger partial charge in [0.25, 0.3) is 0 Å². The number of furan rings is 1. The molecule has 0 N–H and O–H groups in total. The number of rotatable bonds is 3. The lowest BCUT2D eigenvalue weighted by atomic mass is 10.2. The van der Waals surface area contributed by atoms with Crippen molar-refractivity contribution in [2.45, 2.75) is 12.8 Å². The Kier molecular flexibility index (Phi) is 2.86. The zero-order chi connectivity index (χ0) is 9.14. The lowest BCUT2D eigenvalue weighted by molar-refractivity contribution is -0.402.